The number of aromatic nitrogens is 1. The molecule has 0 aliphatic rings. The molecule has 0 atom stereocenters. The van der Waals surface area contributed by atoms with E-state index < -0.39 is 5.97 Å². The van der Waals surface area contributed by atoms with Crippen LogP contribution in [-0.2, 0) is 0 Å². The molecule has 6 heteroatoms. The van der Waals surface area contributed by atoms with Crippen LogP contribution in [0.1, 0.15) is 20.7 Å². The van der Waals surface area contributed by atoms with Gasteiger partial charge in [-0.3, -0.25) is 4.79 Å². The van der Waals surface area contributed by atoms with Gasteiger partial charge >= 0.3 is 5.97 Å². The van der Waals surface area contributed by atoms with E-state index in [-0.39, 0.29) is 17.3 Å². The molecule has 3 aromatic carbocycles. The number of rotatable bonds is 4. The number of hydrogen-bond acceptors (Lipinski definition) is 2. The van der Waals surface area contributed by atoms with E-state index in [0.717, 1.165) is 16.6 Å². The van der Waals surface area contributed by atoms with Crippen LogP contribution in [0, 0.1) is 5.82 Å². The minimum atomic E-state index is -1.00. The molecule has 0 saturated carbocycles. The summed E-state index contributed by atoms with van der Waals surface area (Å²) < 4.78 is 13.3. The standard InChI is InChI=1S/C23H17FN2O3/c1-25-22(27)20-18-12-15(14-3-2-4-16(11-14)23(28)29)7-10-19(18)26-21(20)13-5-8-17(24)9-6-13/h2-12,26H,1H3,(H,25,27)(H,28,29). The van der Waals surface area contributed by atoms with Crippen molar-refractivity contribution in [2.24, 2.45) is 0 Å². The first-order chi connectivity index (χ1) is 14.0. The molecule has 4 rings (SSSR count). The molecule has 0 aliphatic carbocycles. The molecule has 0 aliphatic heterocycles. The van der Waals surface area contributed by atoms with E-state index in [1.165, 1.54) is 18.2 Å². The number of benzene rings is 3. The zero-order valence-electron chi connectivity index (χ0n) is 15.5. The molecular weight excluding hydrogens is 371 g/mol. The van der Waals surface area contributed by atoms with Gasteiger partial charge in [0.05, 0.1) is 16.8 Å². The summed E-state index contributed by atoms with van der Waals surface area (Å²) in [6.45, 7) is 0. The van der Waals surface area contributed by atoms with Crippen molar-refractivity contribution in [1.29, 1.82) is 0 Å². The van der Waals surface area contributed by atoms with Crippen LogP contribution in [0.2, 0.25) is 0 Å². The Kier molecular flexibility index (Phi) is 4.60. The van der Waals surface area contributed by atoms with Crippen molar-refractivity contribution in [3.63, 3.8) is 0 Å². The van der Waals surface area contributed by atoms with Gasteiger partial charge in [-0.05, 0) is 65.2 Å². The molecule has 29 heavy (non-hydrogen) atoms. The first-order valence-corrected chi connectivity index (χ1v) is 8.95. The molecule has 0 bridgehead atoms. The fourth-order valence-corrected chi connectivity index (χ4v) is 3.40. The quantitative estimate of drug-likeness (QED) is 0.474. The summed E-state index contributed by atoms with van der Waals surface area (Å²) in [5.74, 6) is -1.63. The Balaban J connectivity index is 1.92. The molecular formula is C23H17FN2O3. The molecule has 0 unspecified atom stereocenters. The van der Waals surface area contributed by atoms with Gasteiger partial charge in [-0.15, -0.1) is 0 Å². The van der Waals surface area contributed by atoms with E-state index in [1.54, 1.807) is 31.3 Å². The fourth-order valence-electron chi connectivity index (χ4n) is 3.40. The van der Waals surface area contributed by atoms with Crippen molar-refractivity contribution in [2.45, 2.75) is 0 Å². The van der Waals surface area contributed by atoms with Gasteiger partial charge in [0.25, 0.3) is 5.91 Å². The minimum Gasteiger partial charge on any atom is -0.478 e. The van der Waals surface area contributed by atoms with E-state index in [0.29, 0.717) is 22.2 Å². The molecule has 0 fully saturated rings. The zero-order valence-corrected chi connectivity index (χ0v) is 15.5. The SMILES string of the molecule is CNC(=O)c1c(-c2ccc(F)cc2)[nH]c2ccc(-c3cccc(C(=O)O)c3)cc12. The van der Waals surface area contributed by atoms with E-state index in [4.69, 9.17) is 0 Å². The Hall–Kier alpha value is -3.93. The van der Waals surface area contributed by atoms with Gasteiger partial charge in [-0.25, -0.2) is 9.18 Å². The molecule has 1 heterocycles. The highest BCUT2D eigenvalue weighted by Gasteiger charge is 2.19. The summed E-state index contributed by atoms with van der Waals surface area (Å²) in [6.07, 6.45) is 0. The number of hydrogen-bond donors (Lipinski definition) is 3. The number of halogens is 1. The number of carboxylic acids is 1. The van der Waals surface area contributed by atoms with Crippen LogP contribution in [0.3, 0.4) is 0 Å². The maximum Gasteiger partial charge on any atom is 0.335 e. The lowest BCUT2D eigenvalue weighted by Gasteiger charge is -2.06. The van der Waals surface area contributed by atoms with Crippen molar-refractivity contribution in [2.75, 3.05) is 7.05 Å². The number of carbonyl (C=O) groups is 2. The second-order valence-electron chi connectivity index (χ2n) is 6.61. The number of fused-ring (bicyclic) bond motifs is 1. The maximum atomic E-state index is 13.3. The second-order valence-corrected chi connectivity index (χ2v) is 6.61. The number of nitrogens with one attached hydrogen (secondary N) is 2. The molecule has 0 radical (unpaired) electrons. The van der Waals surface area contributed by atoms with E-state index in [9.17, 15) is 19.1 Å². The lowest BCUT2D eigenvalue weighted by atomic mass is 9.99. The third kappa shape index (κ3) is 3.36. The first-order valence-electron chi connectivity index (χ1n) is 8.95. The Labute approximate surface area is 165 Å². The summed E-state index contributed by atoms with van der Waals surface area (Å²) in [4.78, 5) is 27.2. The summed E-state index contributed by atoms with van der Waals surface area (Å²) in [6, 6.07) is 18.1. The lowest BCUT2D eigenvalue weighted by Crippen LogP contribution is -2.18. The van der Waals surface area contributed by atoms with Gasteiger partial charge < -0.3 is 15.4 Å². The highest BCUT2D eigenvalue weighted by molar-refractivity contribution is 6.13. The Bertz CT molecular complexity index is 1240. The van der Waals surface area contributed by atoms with Gasteiger partial charge in [0.15, 0.2) is 0 Å². The van der Waals surface area contributed by atoms with Crippen LogP contribution in [0.5, 0.6) is 0 Å². The predicted octanol–water partition coefficient (Wildman–Crippen LogP) is 4.70. The van der Waals surface area contributed by atoms with Crippen molar-refractivity contribution in [3.05, 3.63) is 83.7 Å². The molecule has 5 nitrogen and oxygen atoms in total. The van der Waals surface area contributed by atoms with E-state index in [1.807, 2.05) is 24.3 Å². The van der Waals surface area contributed by atoms with Gasteiger partial charge in [0.2, 0.25) is 0 Å². The van der Waals surface area contributed by atoms with Gasteiger partial charge in [-0.1, -0.05) is 18.2 Å². The van der Waals surface area contributed by atoms with Crippen LogP contribution in [0.25, 0.3) is 33.3 Å². The van der Waals surface area contributed by atoms with Gasteiger partial charge in [0, 0.05) is 18.0 Å². The average Bonchev–Trinajstić information content (AvgIpc) is 3.12. The van der Waals surface area contributed by atoms with Gasteiger partial charge in [0.1, 0.15) is 5.82 Å². The topological polar surface area (TPSA) is 82.2 Å². The smallest absolute Gasteiger partial charge is 0.335 e. The number of H-pyrrole nitrogens is 1. The molecule has 0 spiro atoms. The zero-order chi connectivity index (χ0) is 20.5. The van der Waals surface area contributed by atoms with Gasteiger partial charge in [-0.2, -0.15) is 0 Å². The average molecular weight is 388 g/mol. The summed E-state index contributed by atoms with van der Waals surface area (Å²) in [5.41, 5.74) is 4.20. The molecule has 144 valence electrons. The summed E-state index contributed by atoms with van der Waals surface area (Å²) in [7, 11) is 1.55. The molecule has 4 aromatic rings. The molecule has 3 N–H and O–H groups in total. The molecule has 0 saturated heterocycles. The van der Waals surface area contributed by atoms with Crippen LogP contribution < -0.4 is 5.32 Å². The van der Waals surface area contributed by atoms with Crippen molar-refractivity contribution in [3.8, 4) is 22.4 Å². The second kappa shape index (κ2) is 7.24. The monoisotopic (exact) mass is 388 g/mol. The Morgan fingerprint density at radius 1 is 0.931 bits per heavy atom. The number of carbonyl (C=O) groups excluding carboxylic acids is 1. The molecule has 1 aromatic heterocycles. The summed E-state index contributed by atoms with van der Waals surface area (Å²) in [5, 5.41) is 12.6. The first kappa shape index (κ1) is 18.4. The van der Waals surface area contributed by atoms with Crippen LogP contribution in [0.15, 0.2) is 66.7 Å². The van der Waals surface area contributed by atoms with Crippen LogP contribution in [-0.4, -0.2) is 29.0 Å². The van der Waals surface area contributed by atoms with Crippen LogP contribution in [0.4, 0.5) is 4.39 Å². The third-order valence-corrected chi connectivity index (χ3v) is 4.83. The third-order valence-electron chi connectivity index (χ3n) is 4.83. The molecule has 1 amide bonds. The highest BCUT2D eigenvalue weighted by Crippen LogP contribution is 2.33. The van der Waals surface area contributed by atoms with Crippen molar-refractivity contribution in [1.82, 2.24) is 10.3 Å². The lowest BCUT2D eigenvalue weighted by molar-refractivity contribution is 0.0696. The highest BCUT2D eigenvalue weighted by atomic mass is 19.1. The van der Waals surface area contributed by atoms with Crippen molar-refractivity contribution >= 4 is 22.8 Å². The minimum absolute atomic E-state index is 0.190. The van der Waals surface area contributed by atoms with E-state index in [2.05, 4.69) is 10.3 Å². The number of aromatic amines is 1. The number of carboxylic acid groups (broad SMARTS) is 1. The summed E-state index contributed by atoms with van der Waals surface area (Å²) >= 11 is 0. The fraction of sp³-hybridized carbons (Fsp3) is 0.0435. The van der Waals surface area contributed by atoms with Crippen LogP contribution >= 0.6 is 0 Å². The largest absolute Gasteiger partial charge is 0.478 e. The number of aromatic carboxylic acids is 1. The van der Waals surface area contributed by atoms with E-state index >= 15 is 0 Å². The van der Waals surface area contributed by atoms with Crippen molar-refractivity contribution < 1.29 is 19.1 Å². The predicted molar refractivity (Wildman–Crippen MR) is 109 cm³/mol. The normalized spacial score (nSPS) is 10.8. The number of amides is 1. The Morgan fingerprint density at radius 3 is 2.31 bits per heavy atom. The maximum absolute atomic E-state index is 13.3. The Morgan fingerprint density at radius 2 is 1.62 bits per heavy atom.